The summed E-state index contributed by atoms with van der Waals surface area (Å²) in [5, 5.41) is 16.5. The van der Waals surface area contributed by atoms with Crippen molar-refractivity contribution >= 4 is 27.9 Å². The lowest BCUT2D eigenvalue weighted by molar-refractivity contribution is -0.114. The molecule has 7 heteroatoms. The molecule has 2 aromatic heterocycles. The van der Waals surface area contributed by atoms with E-state index in [-0.39, 0.29) is 12.5 Å². The summed E-state index contributed by atoms with van der Waals surface area (Å²) in [6, 6.07) is 2.15. The van der Waals surface area contributed by atoms with Crippen molar-refractivity contribution in [1.82, 2.24) is 5.16 Å². The lowest BCUT2D eigenvalue weighted by atomic mass is 10.2. The molecule has 0 atom stereocenters. The number of carbonyl (C=O) groups is 1. The van der Waals surface area contributed by atoms with Crippen molar-refractivity contribution in [1.29, 1.82) is 5.26 Å². The Labute approximate surface area is 133 Å². The second kappa shape index (κ2) is 6.20. The van der Waals surface area contributed by atoms with Crippen molar-refractivity contribution < 1.29 is 9.32 Å². The van der Waals surface area contributed by atoms with Crippen LogP contribution in [0, 0.1) is 39.0 Å². The minimum Gasteiger partial charge on any atom is -0.361 e. The van der Waals surface area contributed by atoms with Crippen LogP contribution in [0.3, 0.4) is 0 Å². The molecule has 116 valence electrons. The summed E-state index contributed by atoms with van der Waals surface area (Å²) in [4.78, 5) is 15.0. The molecule has 0 fully saturated rings. The van der Waals surface area contributed by atoms with E-state index in [4.69, 9.17) is 4.52 Å². The number of nitrogens with one attached hydrogen (secondary N) is 1. The number of amides is 1. The van der Waals surface area contributed by atoms with E-state index >= 15 is 0 Å². The number of aromatic nitrogens is 1. The fourth-order valence-corrected chi connectivity index (χ4v) is 3.36. The van der Waals surface area contributed by atoms with Crippen LogP contribution in [0.5, 0.6) is 0 Å². The van der Waals surface area contributed by atoms with Gasteiger partial charge in [-0.2, -0.15) is 5.26 Å². The molecule has 2 heterocycles. The maximum atomic E-state index is 12.2. The van der Waals surface area contributed by atoms with Crippen molar-refractivity contribution in [2.45, 2.75) is 27.7 Å². The van der Waals surface area contributed by atoms with Gasteiger partial charge in [-0.3, -0.25) is 4.79 Å². The van der Waals surface area contributed by atoms with Gasteiger partial charge in [0, 0.05) is 11.9 Å². The number of likely N-dealkylation sites (N-methyl/N-ethyl adjacent to an activating group) is 1. The molecule has 0 bridgehead atoms. The number of hydrogen-bond donors (Lipinski definition) is 1. The third-order valence-electron chi connectivity index (χ3n) is 3.51. The first-order chi connectivity index (χ1) is 10.3. The maximum Gasteiger partial charge on any atom is 0.244 e. The van der Waals surface area contributed by atoms with Crippen LogP contribution in [0.2, 0.25) is 0 Å². The van der Waals surface area contributed by atoms with E-state index in [0.29, 0.717) is 16.3 Å². The summed E-state index contributed by atoms with van der Waals surface area (Å²) < 4.78 is 5.11. The first-order valence-electron chi connectivity index (χ1n) is 6.79. The minimum atomic E-state index is -0.180. The summed E-state index contributed by atoms with van der Waals surface area (Å²) in [5.41, 5.74) is 3.01. The average molecular weight is 318 g/mol. The lowest BCUT2D eigenvalue weighted by Gasteiger charge is -2.17. The smallest absolute Gasteiger partial charge is 0.244 e. The van der Waals surface area contributed by atoms with Crippen LogP contribution in [-0.2, 0) is 4.79 Å². The second-order valence-electron chi connectivity index (χ2n) is 5.18. The van der Waals surface area contributed by atoms with Crippen molar-refractivity contribution in [3.63, 3.8) is 0 Å². The van der Waals surface area contributed by atoms with Crippen molar-refractivity contribution in [2.24, 2.45) is 0 Å². The highest BCUT2D eigenvalue weighted by molar-refractivity contribution is 7.16. The molecule has 0 aliphatic heterocycles. The third-order valence-corrected chi connectivity index (χ3v) is 4.63. The summed E-state index contributed by atoms with van der Waals surface area (Å²) >= 11 is 1.42. The van der Waals surface area contributed by atoms with Gasteiger partial charge in [-0.15, -0.1) is 11.3 Å². The Bertz CT molecular complexity index is 735. The highest BCUT2D eigenvalue weighted by atomic mass is 32.1. The van der Waals surface area contributed by atoms with E-state index in [2.05, 4.69) is 16.5 Å². The van der Waals surface area contributed by atoms with Crippen LogP contribution < -0.4 is 10.2 Å². The topological polar surface area (TPSA) is 82.2 Å². The van der Waals surface area contributed by atoms with E-state index < -0.39 is 0 Å². The average Bonchev–Trinajstić information content (AvgIpc) is 2.90. The predicted molar refractivity (Wildman–Crippen MR) is 86.4 cm³/mol. The molecule has 1 amide bonds. The van der Waals surface area contributed by atoms with Gasteiger partial charge in [0.25, 0.3) is 0 Å². The van der Waals surface area contributed by atoms with Gasteiger partial charge in [-0.25, -0.2) is 0 Å². The van der Waals surface area contributed by atoms with Gasteiger partial charge >= 0.3 is 0 Å². The van der Waals surface area contributed by atoms with Crippen LogP contribution in [-0.4, -0.2) is 24.7 Å². The van der Waals surface area contributed by atoms with Crippen LogP contribution >= 0.6 is 11.3 Å². The zero-order chi connectivity index (χ0) is 16.4. The molecule has 6 nitrogen and oxygen atoms in total. The Morgan fingerprint density at radius 2 is 2.09 bits per heavy atom. The normalized spacial score (nSPS) is 10.4. The second-order valence-corrected chi connectivity index (χ2v) is 6.40. The van der Waals surface area contributed by atoms with Gasteiger partial charge in [0.15, 0.2) is 5.76 Å². The molecule has 22 heavy (non-hydrogen) atoms. The highest BCUT2D eigenvalue weighted by Crippen LogP contribution is 2.31. The van der Waals surface area contributed by atoms with Gasteiger partial charge in [-0.05, 0) is 33.3 Å². The standard InChI is InChI=1S/C15H18N4O2S/c1-8-11(4)22-15(12(8)6-16)17-13(20)7-19(5)14-9(2)18-21-10(14)3/h7H2,1-5H3,(H,17,20). The monoisotopic (exact) mass is 318 g/mol. The Morgan fingerprint density at radius 3 is 2.64 bits per heavy atom. The van der Waals surface area contributed by atoms with Gasteiger partial charge < -0.3 is 14.7 Å². The van der Waals surface area contributed by atoms with E-state index in [9.17, 15) is 10.1 Å². The SMILES string of the molecule is Cc1noc(C)c1N(C)CC(=O)Nc1sc(C)c(C)c1C#N. The Balaban J connectivity index is 2.11. The fraction of sp³-hybridized carbons (Fsp3) is 0.400. The number of nitriles is 1. The van der Waals surface area contributed by atoms with Gasteiger partial charge in [0.1, 0.15) is 22.5 Å². The Hall–Kier alpha value is -2.33. The minimum absolute atomic E-state index is 0.157. The van der Waals surface area contributed by atoms with Crippen LogP contribution in [0.1, 0.15) is 27.5 Å². The van der Waals surface area contributed by atoms with E-state index in [1.54, 1.807) is 4.90 Å². The van der Waals surface area contributed by atoms with Gasteiger partial charge in [0.2, 0.25) is 5.91 Å². The summed E-state index contributed by atoms with van der Waals surface area (Å²) in [7, 11) is 1.81. The van der Waals surface area contributed by atoms with E-state index in [1.165, 1.54) is 11.3 Å². The molecule has 0 saturated heterocycles. The molecule has 2 rings (SSSR count). The summed E-state index contributed by atoms with van der Waals surface area (Å²) in [6.45, 7) is 7.62. The molecule has 0 radical (unpaired) electrons. The van der Waals surface area contributed by atoms with Gasteiger partial charge in [-0.1, -0.05) is 5.16 Å². The molecular formula is C15H18N4O2S. The van der Waals surface area contributed by atoms with Crippen molar-refractivity contribution in [3.05, 3.63) is 27.5 Å². The number of hydrogen-bond acceptors (Lipinski definition) is 6. The molecule has 0 unspecified atom stereocenters. The van der Waals surface area contributed by atoms with Crippen LogP contribution in [0.15, 0.2) is 4.52 Å². The highest BCUT2D eigenvalue weighted by Gasteiger charge is 2.18. The number of carbonyl (C=O) groups excluding carboxylic acids is 1. The molecule has 2 aromatic rings. The predicted octanol–water partition coefficient (Wildman–Crippen LogP) is 2.92. The van der Waals surface area contributed by atoms with Crippen molar-refractivity contribution in [3.8, 4) is 6.07 Å². The number of anilines is 2. The first kappa shape index (κ1) is 16.0. The molecule has 0 spiro atoms. The van der Waals surface area contributed by atoms with Gasteiger partial charge in [0.05, 0.1) is 12.1 Å². The molecule has 0 aliphatic carbocycles. The molecular weight excluding hydrogens is 300 g/mol. The zero-order valence-electron chi connectivity index (χ0n) is 13.3. The number of rotatable bonds is 4. The third kappa shape index (κ3) is 2.97. The van der Waals surface area contributed by atoms with Crippen LogP contribution in [0.4, 0.5) is 10.7 Å². The number of nitrogens with zero attached hydrogens (tertiary/aromatic N) is 3. The quantitative estimate of drug-likeness (QED) is 0.937. The molecule has 0 saturated carbocycles. The Kier molecular flexibility index (Phi) is 4.52. The fourth-order valence-electron chi connectivity index (χ4n) is 2.33. The Morgan fingerprint density at radius 1 is 1.41 bits per heavy atom. The number of thiophene rings is 1. The molecule has 0 aliphatic rings. The maximum absolute atomic E-state index is 12.2. The van der Waals surface area contributed by atoms with E-state index in [1.807, 2.05) is 34.7 Å². The van der Waals surface area contributed by atoms with Crippen molar-refractivity contribution in [2.75, 3.05) is 23.8 Å². The zero-order valence-corrected chi connectivity index (χ0v) is 14.1. The first-order valence-corrected chi connectivity index (χ1v) is 7.60. The van der Waals surface area contributed by atoms with Crippen LogP contribution in [0.25, 0.3) is 0 Å². The molecule has 1 N–H and O–H groups in total. The lowest BCUT2D eigenvalue weighted by Crippen LogP contribution is -2.30. The van der Waals surface area contributed by atoms with E-state index in [0.717, 1.165) is 21.8 Å². The molecule has 0 aromatic carbocycles. The summed E-state index contributed by atoms with van der Waals surface area (Å²) in [6.07, 6.45) is 0. The largest absolute Gasteiger partial charge is 0.361 e. The summed E-state index contributed by atoms with van der Waals surface area (Å²) in [5.74, 6) is 0.494. The number of aryl methyl sites for hydroxylation is 3.